The van der Waals surface area contributed by atoms with Crippen molar-refractivity contribution < 1.29 is 16.8 Å². The molecular formula is C25H40FN3O2. The van der Waals surface area contributed by atoms with Crippen LogP contribution >= 0.6 is 0 Å². The van der Waals surface area contributed by atoms with Gasteiger partial charge >= 0.3 is 0 Å². The number of hydrogen-bond donors (Lipinski definition) is 2. The van der Waals surface area contributed by atoms with Gasteiger partial charge in [0.1, 0.15) is 11.9 Å². The van der Waals surface area contributed by atoms with Crippen LogP contribution in [-0.4, -0.2) is 42.4 Å². The molecule has 4 rings (SSSR count). The van der Waals surface area contributed by atoms with E-state index >= 15 is 0 Å². The lowest BCUT2D eigenvalue weighted by Crippen LogP contribution is -2.48. The van der Waals surface area contributed by atoms with Gasteiger partial charge in [0.2, 0.25) is 11.8 Å². The Kier molecular flexibility index (Phi) is 6.12. The predicted molar refractivity (Wildman–Crippen MR) is 123 cm³/mol. The molecule has 0 saturated carbocycles. The number of benzene rings is 1. The molecule has 0 radical (unpaired) electrons. The maximum atomic E-state index is 14.3. The Morgan fingerprint density at radius 1 is 1.26 bits per heavy atom. The first kappa shape index (κ1) is 22.3. The molecular weight excluding hydrogens is 393 g/mol. The summed E-state index contributed by atoms with van der Waals surface area (Å²) in [7, 11) is 0. The van der Waals surface area contributed by atoms with Crippen molar-refractivity contribution in [2.24, 2.45) is 5.41 Å². The van der Waals surface area contributed by atoms with Gasteiger partial charge in [-0.15, -0.1) is 0 Å². The Bertz CT molecular complexity index is 851. The molecule has 1 aromatic rings. The number of rotatable bonds is 4. The molecule has 5 nitrogen and oxygen atoms in total. The van der Waals surface area contributed by atoms with Gasteiger partial charge in [-0.2, -0.15) is 0 Å². The van der Waals surface area contributed by atoms with Crippen LogP contribution in [0.5, 0.6) is 0 Å². The van der Waals surface area contributed by atoms with Crippen LogP contribution in [0.25, 0.3) is 0 Å². The second-order valence-electron chi connectivity index (χ2n) is 10.9. The van der Waals surface area contributed by atoms with Gasteiger partial charge in [-0.1, -0.05) is 26.8 Å². The van der Waals surface area contributed by atoms with E-state index in [0.717, 1.165) is 56.4 Å². The van der Waals surface area contributed by atoms with Gasteiger partial charge in [-0.3, -0.25) is 9.59 Å². The fourth-order valence-corrected chi connectivity index (χ4v) is 5.45. The van der Waals surface area contributed by atoms with Crippen LogP contribution in [0.2, 0.25) is 0 Å². The summed E-state index contributed by atoms with van der Waals surface area (Å²) in [4.78, 5) is 26.7. The lowest BCUT2D eigenvalue weighted by Gasteiger charge is -2.47. The maximum absolute atomic E-state index is 14.3. The molecule has 2 aliphatic heterocycles. The standard InChI is InChI=1S/C25H36FN3O2.2H2/c1-24(2,3)10-13-29-14-11-25(12-15-29)9-8-20(18-5-4-17(26)16-19(18)25)28-23(31)21-6-7-22(30)27-21;;/h4-5,16,20-21H,6-15H2,1-3H3,(H,27,30)(H,28,31);2*1H/t20-,21-;;/m0../s1. The van der Waals surface area contributed by atoms with E-state index < -0.39 is 6.04 Å². The molecule has 174 valence electrons. The number of amides is 2. The van der Waals surface area contributed by atoms with Gasteiger partial charge in [0.15, 0.2) is 0 Å². The molecule has 0 unspecified atom stereocenters. The van der Waals surface area contributed by atoms with Crippen molar-refractivity contribution in [3.63, 3.8) is 0 Å². The number of piperidine rings is 1. The Morgan fingerprint density at radius 3 is 2.65 bits per heavy atom. The minimum Gasteiger partial charge on any atom is -0.348 e. The van der Waals surface area contributed by atoms with Crippen molar-refractivity contribution in [1.29, 1.82) is 0 Å². The number of nitrogens with zero attached hydrogens (tertiary/aromatic N) is 1. The first-order valence-electron chi connectivity index (χ1n) is 11.8. The molecule has 2 heterocycles. The Hall–Kier alpha value is -1.95. The molecule has 0 bridgehead atoms. The van der Waals surface area contributed by atoms with Gasteiger partial charge in [0.05, 0.1) is 6.04 Å². The van der Waals surface area contributed by atoms with Crippen LogP contribution in [0.15, 0.2) is 18.2 Å². The van der Waals surface area contributed by atoms with Crippen molar-refractivity contribution in [3.05, 3.63) is 35.1 Å². The lowest BCUT2D eigenvalue weighted by molar-refractivity contribution is -0.126. The minimum absolute atomic E-state index is 0. The number of hydrogen-bond acceptors (Lipinski definition) is 3. The van der Waals surface area contributed by atoms with Crippen LogP contribution in [0.1, 0.15) is 85.7 Å². The van der Waals surface area contributed by atoms with Crippen molar-refractivity contribution in [2.45, 2.75) is 83.2 Å². The summed E-state index contributed by atoms with van der Waals surface area (Å²) in [6.45, 7) is 10.0. The van der Waals surface area contributed by atoms with E-state index in [1.807, 2.05) is 6.07 Å². The molecule has 1 aromatic carbocycles. The first-order valence-corrected chi connectivity index (χ1v) is 11.8. The molecule has 1 aliphatic carbocycles. The van der Waals surface area contributed by atoms with Gasteiger partial charge < -0.3 is 15.5 Å². The Morgan fingerprint density at radius 2 is 2.00 bits per heavy atom. The molecule has 3 aliphatic rings. The van der Waals surface area contributed by atoms with Crippen LogP contribution in [-0.2, 0) is 15.0 Å². The Labute approximate surface area is 188 Å². The zero-order valence-corrected chi connectivity index (χ0v) is 19.1. The first-order chi connectivity index (χ1) is 14.7. The fourth-order valence-electron chi connectivity index (χ4n) is 5.45. The number of likely N-dealkylation sites (tertiary alicyclic amines) is 1. The highest BCUT2D eigenvalue weighted by molar-refractivity contribution is 5.91. The highest BCUT2D eigenvalue weighted by atomic mass is 19.1. The summed E-state index contributed by atoms with van der Waals surface area (Å²) in [5, 5.41) is 5.88. The quantitative estimate of drug-likeness (QED) is 0.744. The number of halogens is 1. The number of carbonyl (C=O) groups excluding carboxylic acids is 2. The smallest absolute Gasteiger partial charge is 0.243 e. The van der Waals surface area contributed by atoms with E-state index in [2.05, 4.69) is 36.3 Å². The predicted octanol–water partition coefficient (Wildman–Crippen LogP) is 4.32. The maximum Gasteiger partial charge on any atom is 0.243 e. The molecule has 6 heteroatoms. The SMILES string of the molecule is CC(C)(C)CCN1CCC2(CC[C@H](NC(=O)[C@@H]3CCC(=O)N3)c3ccc(F)cc32)CC1.[HH].[HH]. The molecule has 2 N–H and O–H groups in total. The van der Waals surface area contributed by atoms with Crippen LogP contribution in [0, 0.1) is 11.2 Å². The highest BCUT2D eigenvalue weighted by Crippen LogP contribution is 2.48. The lowest BCUT2D eigenvalue weighted by atomic mass is 9.63. The molecule has 2 atom stereocenters. The van der Waals surface area contributed by atoms with Crippen molar-refractivity contribution >= 4 is 11.8 Å². The molecule has 1 spiro atoms. The summed E-state index contributed by atoms with van der Waals surface area (Å²) in [6, 6.07) is 4.50. The number of carbonyl (C=O) groups is 2. The van der Waals surface area contributed by atoms with Crippen molar-refractivity contribution in [1.82, 2.24) is 15.5 Å². The number of fused-ring (bicyclic) bond motifs is 2. The zero-order valence-electron chi connectivity index (χ0n) is 19.1. The van der Waals surface area contributed by atoms with Gasteiger partial charge in [0, 0.05) is 9.27 Å². The van der Waals surface area contributed by atoms with E-state index in [1.54, 1.807) is 6.07 Å². The summed E-state index contributed by atoms with van der Waals surface area (Å²) in [5.41, 5.74) is 2.46. The summed E-state index contributed by atoms with van der Waals surface area (Å²) in [6.07, 6.45) is 6.00. The van der Waals surface area contributed by atoms with E-state index in [9.17, 15) is 14.0 Å². The summed E-state index contributed by atoms with van der Waals surface area (Å²) in [5.74, 6) is -0.397. The van der Waals surface area contributed by atoms with Crippen molar-refractivity contribution in [3.8, 4) is 0 Å². The zero-order chi connectivity index (χ0) is 22.2. The fraction of sp³-hybridized carbons (Fsp3) is 0.680. The van der Waals surface area contributed by atoms with E-state index in [-0.39, 0.29) is 31.9 Å². The molecule has 2 saturated heterocycles. The minimum atomic E-state index is -0.446. The topological polar surface area (TPSA) is 61.4 Å². The van der Waals surface area contributed by atoms with Crippen LogP contribution < -0.4 is 10.6 Å². The van der Waals surface area contributed by atoms with Crippen LogP contribution in [0.4, 0.5) is 4.39 Å². The third-order valence-electron chi connectivity index (χ3n) is 7.49. The largest absolute Gasteiger partial charge is 0.348 e. The third-order valence-corrected chi connectivity index (χ3v) is 7.49. The van der Waals surface area contributed by atoms with E-state index in [0.29, 0.717) is 18.3 Å². The van der Waals surface area contributed by atoms with Crippen LogP contribution in [0.3, 0.4) is 0 Å². The monoisotopic (exact) mass is 433 g/mol. The average Bonchev–Trinajstić information content (AvgIpc) is 3.16. The van der Waals surface area contributed by atoms with E-state index in [1.165, 1.54) is 12.5 Å². The molecule has 31 heavy (non-hydrogen) atoms. The van der Waals surface area contributed by atoms with Gasteiger partial charge in [-0.25, -0.2) is 4.39 Å². The Balaban J connectivity index is 0.00000193. The summed E-state index contributed by atoms with van der Waals surface area (Å²) < 4.78 is 14.3. The van der Waals surface area contributed by atoms with Crippen molar-refractivity contribution in [2.75, 3.05) is 19.6 Å². The molecule has 2 fully saturated rings. The van der Waals surface area contributed by atoms with Gasteiger partial charge in [-0.05, 0) is 92.2 Å². The van der Waals surface area contributed by atoms with E-state index in [4.69, 9.17) is 0 Å². The normalized spacial score (nSPS) is 25.9. The number of nitrogens with one attached hydrogen (secondary N) is 2. The second-order valence-corrected chi connectivity index (χ2v) is 10.9. The summed E-state index contributed by atoms with van der Waals surface area (Å²) >= 11 is 0. The second kappa shape index (κ2) is 8.53. The molecule has 2 amide bonds. The highest BCUT2D eigenvalue weighted by Gasteiger charge is 2.43. The van der Waals surface area contributed by atoms with Gasteiger partial charge in [0.25, 0.3) is 0 Å². The average molecular weight is 434 g/mol. The third kappa shape index (κ3) is 4.94. The molecule has 0 aromatic heterocycles.